The molecule has 0 unspecified atom stereocenters. The average molecular weight is 255 g/mol. The van der Waals surface area contributed by atoms with Crippen molar-refractivity contribution in [2.75, 3.05) is 37.6 Å². The zero-order chi connectivity index (χ0) is 13.1. The largest absolute Gasteiger partial charge is 0.369 e. The summed E-state index contributed by atoms with van der Waals surface area (Å²) in [6.45, 7) is 9.48. The van der Waals surface area contributed by atoms with Gasteiger partial charge in [-0.3, -0.25) is 4.90 Å². The third-order valence-corrected chi connectivity index (χ3v) is 4.01. The Bertz CT molecular complexity index is 461. The highest BCUT2D eigenvalue weighted by Crippen LogP contribution is 2.30. The molecule has 0 aromatic heterocycles. The molecule has 1 aromatic carbocycles. The Kier molecular flexibility index (Phi) is 3.67. The predicted octanol–water partition coefficient (Wildman–Crippen LogP) is 2.71. The van der Waals surface area contributed by atoms with E-state index in [-0.39, 0.29) is 0 Å². The molecule has 3 nitrogen and oxygen atoms in total. The molecule has 1 aromatic rings. The lowest BCUT2D eigenvalue weighted by atomic mass is 10.2. The maximum atomic E-state index is 4.06. The van der Waals surface area contributed by atoms with Gasteiger partial charge in [-0.1, -0.05) is 0 Å². The zero-order valence-corrected chi connectivity index (χ0v) is 11.4. The molecule has 1 heterocycles. The maximum absolute atomic E-state index is 4.06. The Hall–Kier alpha value is -1.57. The average Bonchev–Trinajstić information content (AvgIpc) is 3.25. The summed E-state index contributed by atoms with van der Waals surface area (Å²) in [4.78, 5) is 9.14. The van der Waals surface area contributed by atoms with Crippen LogP contribution in [0.1, 0.15) is 12.8 Å². The molecule has 0 atom stereocenters. The molecule has 0 bridgehead atoms. The van der Waals surface area contributed by atoms with Crippen LogP contribution >= 0.6 is 0 Å². The third-order valence-electron chi connectivity index (χ3n) is 4.01. The van der Waals surface area contributed by atoms with Gasteiger partial charge in [0.15, 0.2) is 0 Å². The van der Waals surface area contributed by atoms with E-state index in [2.05, 4.69) is 39.4 Å². The van der Waals surface area contributed by atoms with Crippen LogP contribution in [0, 0.1) is 5.92 Å². The van der Waals surface area contributed by atoms with E-state index in [1.807, 2.05) is 12.1 Å². The van der Waals surface area contributed by atoms with Gasteiger partial charge in [-0.15, -0.1) is 0 Å². The Morgan fingerprint density at radius 3 is 2.37 bits per heavy atom. The summed E-state index contributed by atoms with van der Waals surface area (Å²) in [6, 6.07) is 8.35. The van der Waals surface area contributed by atoms with Crippen molar-refractivity contribution in [2.45, 2.75) is 12.8 Å². The monoisotopic (exact) mass is 255 g/mol. The van der Waals surface area contributed by atoms with Gasteiger partial charge >= 0.3 is 0 Å². The van der Waals surface area contributed by atoms with E-state index in [9.17, 15) is 0 Å². The van der Waals surface area contributed by atoms with Crippen molar-refractivity contribution in [3.8, 4) is 0 Å². The first kappa shape index (κ1) is 12.5. The van der Waals surface area contributed by atoms with E-state index >= 15 is 0 Å². The number of piperazine rings is 1. The number of aliphatic imine (C=N–C) groups is 1. The number of hydrogen-bond donors (Lipinski definition) is 0. The summed E-state index contributed by atoms with van der Waals surface area (Å²) in [6.07, 6.45) is 2.90. The number of anilines is 1. The molecular formula is C16H21N3. The van der Waals surface area contributed by atoms with Crippen LogP contribution in [-0.4, -0.2) is 43.5 Å². The molecule has 100 valence electrons. The molecule has 3 heteroatoms. The van der Waals surface area contributed by atoms with Crippen LogP contribution in [0.15, 0.2) is 35.8 Å². The lowest BCUT2D eigenvalue weighted by Crippen LogP contribution is -2.47. The van der Waals surface area contributed by atoms with E-state index in [0.717, 1.165) is 24.7 Å². The fraction of sp³-hybridized carbons (Fsp3) is 0.500. The van der Waals surface area contributed by atoms with E-state index in [4.69, 9.17) is 0 Å². The minimum absolute atomic E-state index is 0.922. The standard InChI is InChI=1S/C16H21N3/c1-2-17-15-5-7-16(8-6-15)19-11-9-18(10-12-19)13-14-3-4-14/h5-8,14H,1,3-4,9-13H2. The highest BCUT2D eigenvalue weighted by atomic mass is 15.3. The van der Waals surface area contributed by atoms with Crippen molar-refractivity contribution < 1.29 is 0 Å². The molecule has 0 radical (unpaired) electrons. The number of rotatable bonds is 4. The first-order chi connectivity index (χ1) is 9.35. The topological polar surface area (TPSA) is 18.8 Å². The molecule has 0 spiro atoms. The van der Waals surface area contributed by atoms with Crippen LogP contribution in [0.2, 0.25) is 0 Å². The number of benzene rings is 1. The molecular weight excluding hydrogens is 234 g/mol. The van der Waals surface area contributed by atoms with Crippen LogP contribution in [0.3, 0.4) is 0 Å². The Balaban J connectivity index is 1.56. The molecule has 2 aliphatic rings. The number of nitrogens with zero attached hydrogens (tertiary/aromatic N) is 3. The summed E-state index contributed by atoms with van der Waals surface area (Å²) < 4.78 is 0. The summed E-state index contributed by atoms with van der Waals surface area (Å²) >= 11 is 0. The van der Waals surface area contributed by atoms with Crippen LogP contribution in [0.25, 0.3) is 0 Å². The normalized spacial score (nSPS) is 20.1. The molecule has 3 rings (SSSR count). The third kappa shape index (κ3) is 3.25. The maximum Gasteiger partial charge on any atom is 0.0730 e. The molecule has 2 fully saturated rings. The van der Waals surface area contributed by atoms with Crippen molar-refractivity contribution >= 4 is 17.2 Å². The van der Waals surface area contributed by atoms with Gasteiger partial charge in [-0.05, 0) is 55.5 Å². The van der Waals surface area contributed by atoms with Crippen molar-refractivity contribution in [1.29, 1.82) is 0 Å². The lowest BCUT2D eigenvalue weighted by Gasteiger charge is -2.36. The van der Waals surface area contributed by atoms with Crippen LogP contribution in [0.4, 0.5) is 11.4 Å². The molecule has 19 heavy (non-hydrogen) atoms. The van der Waals surface area contributed by atoms with Gasteiger partial charge in [-0.2, -0.15) is 0 Å². The Labute approximate surface area is 115 Å². The van der Waals surface area contributed by atoms with Gasteiger partial charge < -0.3 is 4.90 Å². The first-order valence-corrected chi connectivity index (χ1v) is 7.15. The van der Waals surface area contributed by atoms with E-state index in [0.29, 0.717) is 0 Å². The lowest BCUT2D eigenvalue weighted by molar-refractivity contribution is 0.248. The summed E-state index contributed by atoms with van der Waals surface area (Å²) in [5.74, 6) is 3.57. The molecule has 1 saturated carbocycles. The Morgan fingerprint density at radius 2 is 1.79 bits per heavy atom. The van der Waals surface area contributed by atoms with Gasteiger partial charge in [0.25, 0.3) is 0 Å². The highest BCUT2D eigenvalue weighted by Gasteiger charge is 2.26. The fourth-order valence-electron chi connectivity index (χ4n) is 2.68. The highest BCUT2D eigenvalue weighted by molar-refractivity contribution is 5.59. The van der Waals surface area contributed by atoms with Gasteiger partial charge in [0.05, 0.1) is 5.69 Å². The SMILES string of the molecule is C=C=Nc1ccc(N2CCN(CC3CC3)CC2)cc1. The zero-order valence-electron chi connectivity index (χ0n) is 11.4. The van der Waals surface area contributed by atoms with E-state index in [1.165, 1.54) is 38.2 Å². The second-order valence-electron chi connectivity index (χ2n) is 5.52. The van der Waals surface area contributed by atoms with E-state index < -0.39 is 0 Å². The summed E-state index contributed by atoms with van der Waals surface area (Å²) in [5, 5.41) is 0. The van der Waals surface area contributed by atoms with Gasteiger partial charge in [0, 0.05) is 38.4 Å². The van der Waals surface area contributed by atoms with Gasteiger partial charge in [0.2, 0.25) is 0 Å². The minimum atomic E-state index is 0.922. The fourth-order valence-corrected chi connectivity index (χ4v) is 2.68. The Morgan fingerprint density at radius 1 is 1.11 bits per heavy atom. The quantitative estimate of drug-likeness (QED) is 0.770. The van der Waals surface area contributed by atoms with Crippen LogP contribution in [-0.2, 0) is 0 Å². The smallest absolute Gasteiger partial charge is 0.0730 e. The van der Waals surface area contributed by atoms with E-state index in [1.54, 1.807) is 0 Å². The summed E-state index contributed by atoms with van der Waals surface area (Å²) in [5.41, 5.74) is 2.22. The summed E-state index contributed by atoms with van der Waals surface area (Å²) in [7, 11) is 0. The first-order valence-electron chi connectivity index (χ1n) is 7.15. The molecule has 0 amide bonds. The van der Waals surface area contributed by atoms with Crippen LogP contribution < -0.4 is 4.90 Å². The molecule has 1 aliphatic heterocycles. The van der Waals surface area contributed by atoms with Crippen molar-refractivity contribution in [2.24, 2.45) is 10.9 Å². The van der Waals surface area contributed by atoms with Gasteiger partial charge in [0.1, 0.15) is 0 Å². The molecule has 1 aliphatic carbocycles. The van der Waals surface area contributed by atoms with Crippen molar-refractivity contribution in [3.63, 3.8) is 0 Å². The minimum Gasteiger partial charge on any atom is -0.369 e. The second kappa shape index (κ2) is 5.60. The van der Waals surface area contributed by atoms with Crippen LogP contribution in [0.5, 0.6) is 0 Å². The van der Waals surface area contributed by atoms with Crippen molar-refractivity contribution in [3.05, 3.63) is 30.8 Å². The predicted molar refractivity (Wildman–Crippen MR) is 80.5 cm³/mol. The van der Waals surface area contributed by atoms with Crippen molar-refractivity contribution in [1.82, 2.24) is 4.90 Å². The second-order valence-corrected chi connectivity index (χ2v) is 5.52. The van der Waals surface area contributed by atoms with Gasteiger partial charge in [-0.25, -0.2) is 4.99 Å². The molecule has 1 saturated heterocycles. The number of hydrogen-bond acceptors (Lipinski definition) is 3. The molecule has 0 N–H and O–H groups in total.